The summed E-state index contributed by atoms with van der Waals surface area (Å²) in [5, 5.41) is 13.5. The topological polar surface area (TPSA) is 55.4 Å². The van der Waals surface area contributed by atoms with Crippen LogP contribution >= 0.6 is 0 Å². The summed E-state index contributed by atoms with van der Waals surface area (Å²) in [5.74, 6) is 0. The number of aromatic nitrogens is 2. The van der Waals surface area contributed by atoms with Gasteiger partial charge < -0.3 is 9.97 Å². The lowest BCUT2D eigenvalue weighted by atomic mass is 9.89. The highest BCUT2D eigenvalue weighted by atomic mass is 19.4. The van der Waals surface area contributed by atoms with Crippen molar-refractivity contribution in [3.05, 3.63) is 132 Å². The minimum Gasteiger partial charge on any atom is -0.354 e. The van der Waals surface area contributed by atoms with Gasteiger partial charge >= 0.3 is 6.18 Å². The molecule has 0 atom stereocenters. The van der Waals surface area contributed by atoms with E-state index in [9.17, 15) is 18.4 Å². The van der Waals surface area contributed by atoms with Gasteiger partial charge in [-0.15, -0.1) is 0 Å². The van der Waals surface area contributed by atoms with Crippen molar-refractivity contribution in [1.29, 1.82) is 5.26 Å². The Hall–Kier alpha value is -5.80. The molecule has 0 radical (unpaired) electrons. The summed E-state index contributed by atoms with van der Waals surface area (Å²) >= 11 is 0. The zero-order valence-corrected chi connectivity index (χ0v) is 23.1. The lowest BCUT2D eigenvalue weighted by Crippen LogP contribution is -2.07. The van der Waals surface area contributed by atoms with Crippen molar-refractivity contribution >= 4 is 43.6 Å². The summed E-state index contributed by atoms with van der Waals surface area (Å²) in [5.41, 5.74) is 7.61. The molecular weight excluding hydrogens is 555 g/mol. The lowest BCUT2D eigenvalue weighted by molar-refractivity contribution is -0.137. The smallest absolute Gasteiger partial charge is 0.354 e. The number of H-pyrrole nitrogens is 2. The standard InChI is InChI=1S/C38H22F3N3/c39-38(40,41)29-20-22(21-42)14-19-26(29)23-15-17-25(18-16-23)33-35-28-11-5-7-13-31(28)43-36(35)32(24-8-2-1-3-9-24)34-27-10-4-6-12-30(27)44-37(33)34/h1-20,43-44H. The van der Waals surface area contributed by atoms with E-state index in [1.54, 1.807) is 12.1 Å². The molecule has 6 aromatic carbocycles. The highest BCUT2D eigenvalue weighted by Crippen LogP contribution is 2.48. The van der Waals surface area contributed by atoms with Gasteiger partial charge in [-0.05, 0) is 46.5 Å². The van der Waals surface area contributed by atoms with Crippen LogP contribution < -0.4 is 0 Å². The molecule has 0 spiro atoms. The first kappa shape index (κ1) is 25.9. The van der Waals surface area contributed by atoms with E-state index in [4.69, 9.17) is 0 Å². The van der Waals surface area contributed by atoms with Crippen LogP contribution in [0.1, 0.15) is 11.1 Å². The van der Waals surface area contributed by atoms with Gasteiger partial charge in [0.15, 0.2) is 0 Å². The fourth-order valence-electron chi connectivity index (χ4n) is 6.53. The minimum absolute atomic E-state index is 0.0286. The number of hydrogen-bond donors (Lipinski definition) is 2. The predicted octanol–water partition coefficient (Wildman–Crippen LogP) is 10.8. The first-order valence-electron chi connectivity index (χ1n) is 14.2. The summed E-state index contributed by atoms with van der Waals surface area (Å²) in [7, 11) is 0. The largest absolute Gasteiger partial charge is 0.417 e. The van der Waals surface area contributed by atoms with Crippen LogP contribution in [-0.4, -0.2) is 9.97 Å². The van der Waals surface area contributed by atoms with E-state index in [0.717, 1.165) is 71.9 Å². The van der Waals surface area contributed by atoms with Crippen LogP contribution in [-0.2, 0) is 6.18 Å². The highest BCUT2D eigenvalue weighted by Gasteiger charge is 2.34. The Balaban J connectivity index is 1.46. The number of alkyl halides is 3. The van der Waals surface area contributed by atoms with Gasteiger partial charge in [0.25, 0.3) is 0 Å². The number of hydrogen-bond acceptors (Lipinski definition) is 1. The van der Waals surface area contributed by atoms with Crippen LogP contribution in [0.2, 0.25) is 0 Å². The molecule has 2 heterocycles. The predicted molar refractivity (Wildman–Crippen MR) is 171 cm³/mol. The van der Waals surface area contributed by atoms with E-state index < -0.39 is 11.7 Å². The van der Waals surface area contributed by atoms with Crippen molar-refractivity contribution in [2.75, 3.05) is 0 Å². The summed E-state index contributed by atoms with van der Waals surface area (Å²) in [6, 6.07) is 39.5. The van der Waals surface area contributed by atoms with Crippen molar-refractivity contribution in [3.8, 4) is 39.4 Å². The Morgan fingerprint density at radius 1 is 0.545 bits per heavy atom. The maximum Gasteiger partial charge on any atom is 0.417 e. The molecule has 2 N–H and O–H groups in total. The third-order valence-electron chi connectivity index (χ3n) is 8.41. The lowest BCUT2D eigenvalue weighted by Gasteiger charge is -2.15. The second-order valence-corrected chi connectivity index (χ2v) is 10.9. The van der Waals surface area contributed by atoms with Crippen molar-refractivity contribution in [2.45, 2.75) is 6.18 Å². The minimum atomic E-state index is -4.60. The molecule has 3 nitrogen and oxygen atoms in total. The Morgan fingerprint density at radius 2 is 1.05 bits per heavy atom. The van der Waals surface area contributed by atoms with Crippen LogP contribution in [0.4, 0.5) is 13.2 Å². The van der Waals surface area contributed by atoms with E-state index in [2.05, 4.69) is 46.4 Å². The van der Waals surface area contributed by atoms with Crippen LogP contribution in [0.25, 0.3) is 77.0 Å². The number of fused-ring (bicyclic) bond motifs is 6. The molecule has 0 unspecified atom stereocenters. The van der Waals surface area contributed by atoms with Crippen molar-refractivity contribution in [3.63, 3.8) is 0 Å². The molecule has 6 heteroatoms. The van der Waals surface area contributed by atoms with E-state index in [1.807, 2.05) is 60.7 Å². The van der Waals surface area contributed by atoms with E-state index in [0.29, 0.717) is 5.56 Å². The van der Waals surface area contributed by atoms with Crippen LogP contribution in [0, 0.1) is 11.3 Å². The van der Waals surface area contributed by atoms with Crippen LogP contribution in [0.15, 0.2) is 121 Å². The fraction of sp³-hybridized carbons (Fsp3) is 0.0263. The molecule has 210 valence electrons. The zero-order chi connectivity index (χ0) is 30.0. The van der Waals surface area contributed by atoms with Gasteiger partial charge in [0, 0.05) is 43.7 Å². The van der Waals surface area contributed by atoms with E-state index >= 15 is 0 Å². The highest BCUT2D eigenvalue weighted by molar-refractivity contribution is 6.31. The number of nitrogens with one attached hydrogen (secondary N) is 2. The molecule has 0 aliphatic heterocycles. The maximum atomic E-state index is 14.0. The monoisotopic (exact) mass is 577 g/mol. The Bertz CT molecular complexity index is 2420. The maximum absolute atomic E-state index is 14.0. The molecule has 8 rings (SSSR count). The van der Waals surface area contributed by atoms with Gasteiger partial charge in [0.2, 0.25) is 0 Å². The number of aromatic amines is 2. The van der Waals surface area contributed by atoms with Gasteiger partial charge in [0.1, 0.15) is 0 Å². The quantitative estimate of drug-likeness (QED) is 0.216. The van der Waals surface area contributed by atoms with Gasteiger partial charge in [-0.25, -0.2) is 0 Å². The number of nitriles is 1. The molecular formula is C38H22F3N3. The molecule has 0 saturated heterocycles. The number of benzene rings is 6. The Kier molecular flexibility index (Phi) is 5.65. The molecule has 0 bridgehead atoms. The molecule has 0 aliphatic rings. The summed E-state index contributed by atoms with van der Waals surface area (Å²) < 4.78 is 42.1. The van der Waals surface area contributed by atoms with E-state index in [1.165, 1.54) is 12.1 Å². The van der Waals surface area contributed by atoms with Crippen LogP contribution in [0.5, 0.6) is 0 Å². The first-order valence-corrected chi connectivity index (χ1v) is 14.2. The average molecular weight is 578 g/mol. The second kappa shape index (κ2) is 9.62. The number of nitrogens with zero attached hydrogens (tertiary/aromatic N) is 1. The number of rotatable bonds is 3. The van der Waals surface area contributed by atoms with Gasteiger partial charge in [-0.2, -0.15) is 18.4 Å². The summed E-state index contributed by atoms with van der Waals surface area (Å²) in [6.07, 6.45) is -4.60. The third kappa shape index (κ3) is 3.90. The van der Waals surface area contributed by atoms with Crippen LogP contribution in [0.3, 0.4) is 0 Å². The molecule has 2 aromatic heterocycles. The van der Waals surface area contributed by atoms with E-state index in [-0.39, 0.29) is 11.1 Å². The van der Waals surface area contributed by atoms with Crippen molar-refractivity contribution in [2.24, 2.45) is 0 Å². The molecule has 0 aliphatic carbocycles. The third-order valence-corrected chi connectivity index (χ3v) is 8.41. The summed E-state index contributed by atoms with van der Waals surface area (Å²) in [4.78, 5) is 7.41. The molecule has 0 saturated carbocycles. The molecule has 44 heavy (non-hydrogen) atoms. The Morgan fingerprint density at radius 3 is 1.59 bits per heavy atom. The molecule has 8 aromatic rings. The van der Waals surface area contributed by atoms with Crippen molar-refractivity contribution in [1.82, 2.24) is 9.97 Å². The molecule has 0 amide bonds. The SMILES string of the molecule is N#Cc1ccc(-c2ccc(-c3c4[nH]c5ccccc5c4c(-c4ccccc4)c4[nH]c5ccccc5c34)cc2)c(C(F)(F)F)c1. The average Bonchev–Trinajstić information content (AvgIpc) is 3.62. The fourth-order valence-corrected chi connectivity index (χ4v) is 6.53. The van der Waals surface area contributed by atoms with Crippen molar-refractivity contribution < 1.29 is 13.2 Å². The summed E-state index contributed by atoms with van der Waals surface area (Å²) in [6.45, 7) is 0. The number of halogens is 3. The Labute approximate surface area is 249 Å². The van der Waals surface area contributed by atoms with Gasteiger partial charge in [0.05, 0.1) is 28.2 Å². The first-order chi connectivity index (χ1) is 21.4. The normalized spacial score (nSPS) is 12.0. The van der Waals surface area contributed by atoms with Gasteiger partial charge in [-0.1, -0.05) is 97.1 Å². The zero-order valence-electron chi connectivity index (χ0n) is 23.1. The van der Waals surface area contributed by atoms with Gasteiger partial charge in [-0.3, -0.25) is 0 Å². The molecule has 0 fully saturated rings. The number of para-hydroxylation sites is 2. The second-order valence-electron chi connectivity index (χ2n) is 10.9.